The summed E-state index contributed by atoms with van der Waals surface area (Å²) in [5, 5.41) is 0. The Labute approximate surface area is 95.3 Å². The lowest BCUT2D eigenvalue weighted by molar-refractivity contribution is -0.274. The van der Waals surface area contributed by atoms with Crippen molar-refractivity contribution in [1.82, 2.24) is 0 Å². The van der Waals surface area contributed by atoms with Crippen LogP contribution < -0.4 is 10.5 Å². The molecule has 0 aliphatic heterocycles. The molecule has 16 heavy (non-hydrogen) atoms. The molecule has 0 unspecified atom stereocenters. The zero-order chi connectivity index (χ0) is 12.5. The predicted octanol–water partition coefficient (Wildman–Crippen LogP) is 3.87. The van der Waals surface area contributed by atoms with Crippen LogP contribution in [0.5, 0.6) is 5.75 Å². The molecule has 90 valence electrons. The highest BCUT2D eigenvalue weighted by atomic mass is 79.9. The van der Waals surface area contributed by atoms with Gasteiger partial charge in [0.1, 0.15) is 0 Å². The fourth-order valence-corrected chi connectivity index (χ4v) is 1.46. The van der Waals surface area contributed by atoms with Crippen molar-refractivity contribution < 1.29 is 26.7 Å². The summed E-state index contributed by atoms with van der Waals surface area (Å²) in [7, 11) is 0. The summed E-state index contributed by atoms with van der Waals surface area (Å²) in [5.74, 6) is -0.850. The standard InChI is InChI=1S/C8H5BrF5NO/c9-3-1-4(7(10)11)6(15)5(2-3)16-8(12,13)14/h1-2,7H,15H2. The Morgan fingerprint density at radius 1 is 1.25 bits per heavy atom. The highest BCUT2D eigenvalue weighted by molar-refractivity contribution is 9.10. The Hall–Kier alpha value is -1.05. The van der Waals surface area contributed by atoms with Crippen molar-refractivity contribution in [1.29, 1.82) is 0 Å². The fourth-order valence-electron chi connectivity index (χ4n) is 1.00. The second-order valence-corrected chi connectivity index (χ2v) is 3.67. The van der Waals surface area contributed by atoms with Gasteiger partial charge in [0.25, 0.3) is 6.43 Å². The van der Waals surface area contributed by atoms with Crippen molar-refractivity contribution in [3.05, 3.63) is 22.2 Å². The van der Waals surface area contributed by atoms with E-state index in [1.165, 1.54) is 0 Å². The van der Waals surface area contributed by atoms with Gasteiger partial charge in [-0.1, -0.05) is 15.9 Å². The van der Waals surface area contributed by atoms with Gasteiger partial charge in [-0.25, -0.2) is 8.78 Å². The van der Waals surface area contributed by atoms with Gasteiger partial charge in [-0.3, -0.25) is 0 Å². The summed E-state index contributed by atoms with van der Waals surface area (Å²) in [4.78, 5) is 0. The Morgan fingerprint density at radius 3 is 2.25 bits per heavy atom. The van der Waals surface area contributed by atoms with Crippen LogP contribution in [-0.4, -0.2) is 6.36 Å². The van der Waals surface area contributed by atoms with E-state index in [1.54, 1.807) is 0 Å². The van der Waals surface area contributed by atoms with Crippen molar-refractivity contribution >= 4 is 21.6 Å². The molecule has 0 saturated carbocycles. The van der Waals surface area contributed by atoms with E-state index in [-0.39, 0.29) is 4.47 Å². The molecule has 1 rings (SSSR count). The van der Waals surface area contributed by atoms with Gasteiger partial charge < -0.3 is 10.5 Å². The normalized spacial score (nSPS) is 11.9. The van der Waals surface area contributed by atoms with Crippen molar-refractivity contribution in [2.45, 2.75) is 12.8 Å². The molecule has 0 saturated heterocycles. The van der Waals surface area contributed by atoms with Gasteiger partial charge in [-0.2, -0.15) is 0 Å². The summed E-state index contributed by atoms with van der Waals surface area (Å²) in [6, 6.07) is 1.80. The zero-order valence-corrected chi connectivity index (χ0v) is 9.07. The van der Waals surface area contributed by atoms with Crippen molar-refractivity contribution in [2.24, 2.45) is 0 Å². The highest BCUT2D eigenvalue weighted by Gasteiger charge is 2.33. The number of nitrogens with two attached hydrogens (primary N) is 1. The average Bonchev–Trinajstić information content (AvgIpc) is 2.07. The second kappa shape index (κ2) is 4.44. The molecular formula is C8H5BrF5NO. The molecule has 0 amide bonds. The van der Waals surface area contributed by atoms with Crippen LogP contribution in [0.15, 0.2) is 16.6 Å². The number of alkyl halides is 5. The molecule has 1 aromatic carbocycles. The SMILES string of the molecule is Nc1c(OC(F)(F)F)cc(Br)cc1C(F)F. The van der Waals surface area contributed by atoms with Gasteiger partial charge in [-0.05, 0) is 12.1 Å². The third-order valence-electron chi connectivity index (χ3n) is 1.60. The Kier molecular flexibility index (Phi) is 3.61. The van der Waals surface area contributed by atoms with Crippen molar-refractivity contribution in [3.8, 4) is 5.75 Å². The smallest absolute Gasteiger partial charge is 0.404 e. The lowest BCUT2D eigenvalue weighted by Gasteiger charge is -2.14. The van der Waals surface area contributed by atoms with Crippen LogP contribution in [0.4, 0.5) is 27.6 Å². The topological polar surface area (TPSA) is 35.2 Å². The number of hydrogen-bond donors (Lipinski definition) is 1. The maximum absolute atomic E-state index is 12.4. The van der Waals surface area contributed by atoms with Crippen LogP contribution in [0, 0.1) is 0 Å². The highest BCUT2D eigenvalue weighted by Crippen LogP contribution is 2.37. The first kappa shape index (κ1) is 13.0. The number of nitrogen functional groups attached to an aromatic ring is 1. The molecule has 0 radical (unpaired) electrons. The van der Waals surface area contributed by atoms with Crippen LogP contribution in [0.2, 0.25) is 0 Å². The molecule has 0 aliphatic rings. The van der Waals surface area contributed by atoms with Gasteiger partial charge >= 0.3 is 6.36 Å². The molecular weight excluding hydrogens is 301 g/mol. The van der Waals surface area contributed by atoms with Crippen LogP contribution in [-0.2, 0) is 0 Å². The summed E-state index contributed by atoms with van der Waals surface area (Å²) < 4.78 is 64.0. The summed E-state index contributed by atoms with van der Waals surface area (Å²) in [5.41, 5.74) is 3.69. The number of ether oxygens (including phenoxy) is 1. The maximum Gasteiger partial charge on any atom is 0.573 e. The Balaban J connectivity index is 3.19. The van der Waals surface area contributed by atoms with E-state index in [1.807, 2.05) is 0 Å². The Morgan fingerprint density at radius 2 is 1.81 bits per heavy atom. The second-order valence-electron chi connectivity index (χ2n) is 2.76. The van der Waals surface area contributed by atoms with Crippen LogP contribution in [0.25, 0.3) is 0 Å². The molecule has 0 aromatic heterocycles. The Bertz CT molecular complexity index is 393. The largest absolute Gasteiger partial charge is 0.573 e. The molecule has 0 spiro atoms. The summed E-state index contributed by atoms with van der Waals surface area (Å²) in [6.07, 6.45) is -7.96. The number of hydrogen-bond acceptors (Lipinski definition) is 2. The predicted molar refractivity (Wildman–Crippen MR) is 50.2 cm³/mol. The molecule has 0 aliphatic carbocycles. The minimum Gasteiger partial charge on any atom is -0.404 e. The minimum absolute atomic E-state index is 0.0243. The van der Waals surface area contributed by atoms with E-state index >= 15 is 0 Å². The number of anilines is 1. The average molecular weight is 306 g/mol. The van der Waals surface area contributed by atoms with E-state index in [0.717, 1.165) is 12.1 Å². The van der Waals surface area contributed by atoms with E-state index in [0.29, 0.717) is 0 Å². The molecule has 2 N–H and O–H groups in total. The molecule has 0 fully saturated rings. The van der Waals surface area contributed by atoms with Crippen LogP contribution in [0.1, 0.15) is 12.0 Å². The summed E-state index contributed by atoms with van der Waals surface area (Å²) >= 11 is 2.79. The first-order valence-electron chi connectivity index (χ1n) is 3.83. The van der Waals surface area contributed by atoms with Gasteiger partial charge in [-0.15, -0.1) is 13.2 Å². The minimum atomic E-state index is -4.98. The van der Waals surface area contributed by atoms with Crippen molar-refractivity contribution in [3.63, 3.8) is 0 Å². The van der Waals surface area contributed by atoms with Crippen molar-refractivity contribution in [2.75, 3.05) is 5.73 Å². The zero-order valence-electron chi connectivity index (χ0n) is 7.49. The van der Waals surface area contributed by atoms with E-state index in [9.17, 15) is 22.0 Å². The van der Waals surface area contributed by atoms with Crippen LogP contribution in [0.3, 0.4) is 0 Å². The lowest BCUT2D eigenvalue weighted by Crippen LogP contribution is -2.18. The monoisotopic (exact) mass is 305 g/mol. The van der Waals surface area contributed by atoms with Gasteiger partial charge in [0, 0.05) is 10.0 Å². The van der Waals surface area contributed by atoms with E-state index < -0.39 is 29.8 Å². The first-order valence-corrected chi connectivity index (χ1v) is 4.63. The molecule has 0 bridgehead atoms. The van der Waals surface area contributed by atoms with Gasteiger partial charge in [0.15, 0.2) is 5.75 Å². The molecule has 0 heterocycles. The molecule has 1 aromatic rings. The molecule has 8 heteroatoms. The number of benzene rings is 1. The molecule has 2 nitrogen and oxygen atoms in total. The third kappa shape index (κ3) is 3.22. The molecule has 0 atom stereocenters. The first-order chi connectivity index (χ1) is 7.20. The maximum atomic E-state index is 12.4. The fraction of sp³-hybridized carbons (Fsp3) is 0.250. The number of rotatable bonds is 2. The van der Waals surface area contributed by atoms with Gasteiger partial charge in [0.2, 0.25) is 0 Å². The lowest BCUT2D eigenvalue weighted by atomic mass is 10.2. The van der Waals surface area contributed by atoms with Gasteiger partial charge in [0.05, 0.1) is 5.69 Å². The number of halogens is 6. The van der Waals surface area contributed by atoms with E-state index in [2.05, 4.69) is 20.7 Å². The third-order valence-corrected chi connectivity index (χ3v) is 2.06. The quantitative estimate of drug-likeness (QED) is 0.665. The summed E-state index contributed by atoms with van der Waals surface area (Å²) in [6.45, 7) is 0. The van der Waals surface area contributed by atoms with Crippen LogP contribution >= 0.6 is 15.9 Å². The van der Waals surface area contributed by atoms with E-state index in [4.69, 9.17) is 5.73 Å².